The smallest absolute Gasteiger partial charge is 0.307 e. The van der Waals surface area contributed by atoms with Crippen LogP contribution in [-0.2, 0) is 9.59 Å². The average Bonchev–Trinajstić information content (AvgIpc) is 2.40. The predicted molar refractivity (Wildman–Crippen MR) is 77.7 cm³/mol. The molecule has 106 valence electrons. The SMILES string of the molecule is CC1=CCC(C(=O)O)C(C(=O)Nc2ccccc2Cl)C1. The van der Waals surface area contributed by atoms with Crippen LogP contribution in [0.2, 0.25) is 5.02 Å². The molecule has 1 amide bonds. The maximum atomic E-state index is 12.3. The van der Waals surface area contributed by atoms with E-state index in [0.29, 0.717) is 23.6 Å². The minimum atomic E-state index is -0.937. The molecule has 4 nitrogen and oxygen atoms in total. The molecule has 1 aromatic carbocycles. The van der Waals surface area contributed by atoms with Gasteiger partial charge in [0.2, 0.25) is 5.91 Å². The van der Waals surface area contributed by atoms with Gasteiger partial charge in [-0.1, -0.05) is 35.4 Å². The van der Waals surface area contributed by atoms with Crippen molar-refractivity contribution in [3.63, 3.8) is 0 Å². The number of carboxylic acid groups (broad SMARTS) is 1. The van der Waals surface area contributed by atoms with E-state index in [1.165, 1.54) is 0 Å². The Balaban J connectivity index is 2.17. The number of hydrogen-bond acceptors (Lipinski definition) is 2. The molecule has 2 unspecified atom stereocenters. The molecule has 5 heteroatoms. The lowest BCUT2D eigenvalue weighted by molar-refractivity contribution is -0.146. The second-order valence-electron chi connectivity index (χ2n) is 5.01. The maximum absolute atomic E-state index is 12.3. The minimum Gasteiger partial charge on any atom is -0.481 e. The Hall–Kier alpha value is -1.81. The van der Waals surface area contributed by atoms with Crippen LogP contribution in [0.25, 0.3) is 0 Å². The van der Waals surface area contributed by atoms with Gasteiger partial charge < -0.3 is 10.4 Å². The number of rotatable bonds is 3. The number of allylic oxidation sites excluding steroid dienone is 2. The molecule has 0 radical (unpaired) electrons. The van der Waals surface area contributed by atoms with Gasteiger partial charge >= 0.3 is 5.97 Å². The Morgan fingerprint density at radius 2 is 2.00 bits per heavy atom. The second kappa shape index (κ2) is 6.09. The van der Waals surface area contributed by atoms with Crippen LogP contribution in [-0.4, -0.2) is 17.0 Å². The molecule has 0 saturated heterocycles. The van der Waals surface area contributed by atoms with Crippen LogP contribution in [0.15, 0.2) is 35.9 Å². The predicted octanol–water partition coefficient (Wildman–Crippen LogP) is 3.34. The van der Waals surface area contributed by atoms with E-state index in [2.05, 4.69) is 5.32 Å². The molecule has 0 saturated carbocycles. The number of carbonyl (C=O) groups is 2. The Bertz CT molecular complexity index is 568. The van der Waals surface area contributed by atoms with Crippen LogP contribution in [0, 0.1) is 11.8 Å². The lowest BCUT2D eigenvalue weighted by Gasteiger charge is -2.26. The summed E-state index contributed by atoms with van der Waals surface area (Å²) < 4.78 is 0. The van der Waals surface area contributed by atoms with Crippen molar-refractivity contribution in [1.82, 2.24) is 0 Å². The van der Waals surface area contributed by atoms with E-state index >= 15 is 0 Å². The number of amides is 1. The fraction of sp³-hybridized carbons (Fsp3) is 0.333. The molecule has 2 rings (SSSR count). The van der Waals surface area contributed by atoms with E-state index in [-0.39, 0.29) is 5.91 Å². The van der Waals surface area contributed by atoms with Crippen LogP contribution in [0.5, 0.6) is 0 Å². The van der Waals surface area contributed by atoms with Gasteiger partial charge in [-0.25, -0.2) is 0 Å². The average molecular weight is 294 g/mol. The van der Waals surface area contributed by atoms with Crippen molar-refractivity contribution in [2.75, 3.05) is 5.32 Å². The first-order valence-electron chi connectivity index (χ1n) is 6.43. The van der Waals surface area contributed by atoms with Crippen LogP contribution < -0.4 is 5.32 Å². The van der Waals surface area contributed by atoms with E-state index in [9.17, 15) is 14.7 Å². The number of nitrogens with one attached hydrogen (secondary N) is 1. The number of carboxylic acids is 1. The summed E-state index contributed by atoms with van der Waals surface area (Å²) in [5.74, 6) is -2.47. The summed E-state index contributed by atoms with van der Waals surface area (Å²) in [7, 11) is 0. The monoisotopic (exact) mass is 293 g/mol. The van der Waals surface area contributed by atoms with E-state index < -0.39 is 17.8 Å². The summed E-state index contributed by atoms with van der Waals surface area (Å²) >= 11 is 5.99. The van der Waals surface area contributed by atoms with Gasteiger partial charge in [-0.2, -0.15) is 0 Å². The number of anilines is 1. The summed E-state index contributed by atoms with van der Waals surface area (Å²) in [6.45, 7) is 1.91. The Kier molecular flexibility index (Phi) is 4.45. The fourth-order valence-electron chi connectivity index (χ4n) is 2.40. The van der Waals surface area contributed by atoms with Crippen LogP contribution in [0.4, 0.5) is 5.69 Å². The minimum absolute atomic E-state index is 0.294. The number of carbonyl (C=O) groups excluding carboxylic acids is 1. The molecule has 0 aliphatic heterocycles. The van der Waals surface area contributed by atoms with Gasteiger partial charge in [0.1, 0.15) is 0 Å². The summed E-state index contributed by atoms with van der Waals surface area (Å²) in [5, 5.41) is 12.4. The van der Waals surface area contributed by atoms with Crippen molar-refractivity contribution in [3.8, 4) is 0 Å². The molecular formula is C15H16ClNO3. The molecule has 20 heavy (non-hydrogen) atoms. The highest BCUT2D eigenvalue weighted by Gasteiger charge is 2.35. The van der Waals surface area contributed by atoms with Gasteiger partial charge in [0, 0.05) is 0 Å². The number of para-hydroxylation sites is 1. The Morgan fingerprint density at radius 3 is 2.65 bits per heavy atom. The lowest BCUT2D eigenvalue weighted by Crippen LogP contribution is -2.35. The van der Waals surface area contributed by atoms with Gasteiger partial charge in [0.05, 0.1) is 22.5 Å². The second-order valence-corrected chi connectivity index (χ2v) is 5.42. The van der Waals surface area contributed by atoms with Crippen molar-refractivity contribution in [1.29, 1.82) is 0 Å². The Morgan fingerprint density at radius 1 is 1.30 bits per heavy atom. The molecule has 2 N–H and O–H groups in total. The standard InChI is InChI=1S/C15H16ClNO3/c1-9-6-7-10(15(19)20)11(8-9)14(18)17-13-5-3-2-4-12(13)16/h2-6,10-11H,7-8H2,1H3,(H,17,18)(H,19,20). The number of benzene rings is 1. The molecule has 2 atom stereocenters. The Labute approximate surface area is 122 Å². The van der Waals surface area contributed by atoms with E-state index in [1.807, 2.05) is 13.0 Å². The zero-order valence-corrected chi connectivity index (χ0v) is 11.9. The molecule has 0 fully saturated rings. The summed E-state index contributed by atoms with van der Waals surface area (Å²) in [6.07, 6.45) is 2.74. The summed E-state index contributed by atoms with van der Waals surface area (Å²) in [6, 6.07) is 6.91. The van der Waals surface area contributed by atoms with Crippen molar-refractivity contribution in [3.05, 3.63) is 40.9 Å². The first kappa shape index (κ1) is 14.6. The third-order valence-corrected chi connectivity index (χ3v) is 3.86. The quantitative estimate of drug-likeness (QED) is 0.840. The lowest BCUT2D eigenvalue weighted by atomic mass is 9.79. The number of aliphatic carboxylic acids is 1. The largest absolute Gasteiger partial charge is 0.481 e. The topological polar surface area (TPSA) is 66.4 Å². The fourth-order valence-corrected chi connectivity index (χ4v) is 2.58. The van der Waals surface area contributed by atoms with Gasteiger partial charge in [-0.3, -0.25) is 9.59 Å². The summed E-state index contributed by atoms with van der Waals surface area (Å²) in [5.41, 5.74) is 1.55. The first-order valence-corrected chi connectivity index (χ1v) is 6.80. The highest BCUT2D eigenvalue weighted by atomic mass is 35.5. The van der Waals surface area contributed by atoms with Gasteiger partial charge in [-0.05, 0) is 31.9 Å². The van der Waals surface area contributed by atoms with Crippen molar-refractivity contribution >= 4 is 29.2 Å². The van der Waals surface area contributed by atoms with Gasteiger partial charge in [0.25, 0.3) is 0 Å². The normalized spacial score (nSPS) is 22.0. The number of hydrogen-bond donors (Lipinski definition) is 2. The van der Waals surface area contributed by atoms with E-state index in [4.69, 9.17) is 11.6 Å². The molecule has 1 aliphatic carbocycles. The van der Waals surface area contributed by atoms with E-state index in [1.54, 1.807) is 24.3 Å². The first-order chi connectivity index (χ1) is 9.49. The zero-order valence-electron chi connectivity index (χ0n) is 11.1. The number of halogens is 1. The van der Waals surface area contributed by atoms with Crippen LogP contribution in [0.1, 0.15) is 19.8 Å². The van der Waals surface area contributed by atoms with Crippen LogP contribution >= 0.6 is 11.6 Å². The van der Waals surface area contributed by atoms with Gasteiger partial charge in [0.15, 0.2) is 0 Å². The molecule has 1 aliphatic rings. The van der Waals surface area contributed by atoms with Gasteiger partial charge in [-0.15, -0.1) is 0 Å². The molecule has 0 bridgehead atoms. The third-order valence-electron chi connectivity index (χ3n) is 3.53. The highest BCUT2D eigenvalue weighted by Crippen LogP contribution is 2.31. The molecule has 0 spiro atoms. The van der Waals surface area contributed by atoms with Crippen LogP contribution in [0.3, 0.4) is 0 Å². The van der Waals surface area contributed by atoms with E-state index in [0.717, 1.165) is 5.57 Å². The molecule has 0 aromatic heterocycles. The third kappa shape index (κ3) is 3.20. The highest BCUT2D eigenvalue weighted by molar-refractivity contribution is 6.33. The summed E-state index contributed by atoms with van der Waals surface area (Å²) in [4.78, 5) is 23.6. The molecule has 1 aromatic rings. The van der Waals surface area contributed by atoms with Crippen molar-refractivity contribution < 1.29 is 14.7 Å². The maximum Gasteiger partial charge on any atom is 0.307 e. The van der Waals surface area contributed by atoms with Crippen molar-refractivity contribution in [2.24, 2.45) is 11.8 Å². The molecular weight excluding hydrogens is 278 g/mol. The van der Waals surface area contributed by atoms with Crippen molar-refractivity contribution in [2.45, 2.75) is 19.8 Å². The zero-order chi connectivity index (χ0) is 14.7. The molecule has 0 heterocycles.